The standard InChI is InChI=1S/C17H27NO5/c1-7-8-12(9-14(19)23-17(4,5)6)15(20)18-13(11(2)3)10-22-16(18)21/h7,11-13H,1,8-10H2,2-6H3/t12-,13-/m1/s1. The highest BCUT2D eigenvalue weighted by Crippen LogP contribution is 2.25. The second kappa shape index (κ2) is 7.62. The monoisotopic (exact) mass is 325 g/mol. The summed E-state index contributed by atoms with van der Waals surface area (Å²) >= 11 is 0. The maximum atomic E-state index is 12.7. The normalized spacial score (nSPS) is 19.5. The fourth-order valence-corrected chi connectivity index (χ4v) is 2.43. The molecule has 1 fully saturated rings. The molecule has 0 N–H and O–H groups in total. The van der Waals surface area contributed by atoms with Crippen molar-refractivity contribution in [3.05, 3.63) is 12.7 Å². The van der Waals surface area contributed by atoms with Crippen molar-refractivity contribution in [2.75, 3.05) is 6.61 Å². The summed E-state index contributed by atoms with van der Waals surface area (Å²) in [4.78, 5) is 37.8. The predicted octanol–water partition coefficient (Wildman–Crippen LogP) is 2.91. The van der Waals surface area contributed by atoms with Crippen LogP contribution in [0.25, 0.3) is 0 Å². The Morgan fingerprint density at radius 2 is 2.04 bits per heavy atom. The van der Waals surface area contributed by atoms with Crippen molar-refractivity contribution in [2.45, 2.75) is 59.1 Å². The molecule has 2 amide bonds. The van der Waals surface area contributed by atoms with Crippen LogP contribution >= 0.6 is 0 Å². The SMILES string of the molecule is C=CC[C@H](CC(=O)OC(C)(C)C)C(=O)N1C(=O)OC[C@@H]1C(C)C. The van der Waals surface area contributed by atoms with Gasteiger partial charge >= 0.3 is 12.1 Å². The average molecular weight is 325 g/mol. The first-order chi connectivity index (χ1) is 10.6. The van der Waals surface area contributed by atoms with E-state index in [4.69, 9.17) is 9.47 Å². The third-order valence-electron chi connectivity index (χ3n) is 3.55. The molecule has 2 atom stereocenters. The molecule has 0 bridgehead atoms. The summed E-state index contributed by atoms with van der Waals surface area (Å²) in [6, 6.07) is -0.305. The van der Waals surface area contributed by atoms with Gasteiger partial charge in [0.1, 0.15) is 12.2 Å². The van der Waals surface area contributed by atoms with Gasteiger partial charge in [-0.3, -0.25) is 9.59 Å². The smallest absolute Gasteiger partial charge is 0.416 e. The molecule has 0 spiro atoms. The largest absolute Gasteiger partial charge is 0.460 e. The molecule has 0 radical (unpaired) electrons. The first-order valence-electron chi connectivity index (χ1n) is 7.89. The van der Waals surface area contributed by atoms with Gasteiger partial charge in [0, 0.05) is 0 Å². The van der Waals surface area contributed by atoms with E-state index in [1.54, 1.807) is 26.8 Å². The van der Waals surface area contributed by atoms with E-state index in [0.717, 1.165) is 4.90 Å². The zero-order valence-electron chi connectivity index (χ0n) is 14.6. The molecule has 0 aromatic rings. The number of ether oxygens (including phenoxy) is 2. The first-order valence-corrected chi connectivity index (χ1v) is 7.89. The Bertz CT molecular complexity index is 478. The molecule has 0 unspecified atom stereocenters. The van der Waals surface area contributed by atoms with Gasteiger partial charge < -0.3 is 9.47 Å². The number of amides is 2. The lowest BCUT2D eigenvalue weighted by molar-refractivity contribution is -0.158. The zero-order chi connectivity index (χ0) is 17.8. The molecular weight excluding hydrogens is 298 g/mol. The molecule has 1 heterocycles. The van der Waals surface area contributed by atoms with E-state index in [1.165, 1.54) is 0 Å². The number of cyclic esters (lactones) is 1. The van der Waals surface area contributed by atoms with Crippen LogP contribution in [0.3, 0.4) is 0 Å². The lowest BCUT2D eigenvalue weighted by atomic mass is 9.97. The Morgan fingerprint density at radius 3 is 2.52 bits per heavy atom. The lowest BCUT2D eigenvalue weighted by Crippen LogP contribution is -2.45. The maximum absolute atomic E-state index is 12.7. The first kappa shape index (κ1) is 19.2. The van der Waals surface area contributed by atoms with E-state index in [-0.39, 0.29) is 25.0 Å². The summed E-state index contributed by atoms with van der Waals surface area (Å²) in [6.07, 6.45) is 1.13. The number of carbonyl (C=O) groups is 3. The molecule has 23 heavy (non-hydrogen) atoms. The molecule has 1 saturated heterocycles. The van der Waals surface area contributed by atoms with Gasteiger partial charge in [-0.1, -0.05) is 19.9 Å². The number of imide groups is 1. The number of carbonyl (C=O) groups excluding carboxylic acids is 3. The van der Waals surface area contributed by atoms with E-state index in [2.05, 4.69) is 6.58 Å². The summed E-state index contributed by atoms with van der Waals surface area (Å²) in [5.41, 5.74) is -0.619. The number of hydrogen-bond acceptors (Lipinski definition) is 5. The number of allylic oxidation sites excluding steroid dienone is 1. The average Bonchev–Trinajstić information content (AvgIpc) is 2.77. The fraction of sp³-hybridized carbons (Fsp3) is 0.706. The van der Waals surface area contributed by atoms with E-state index in [1.807, 2.05) is 13.8 Å². The third-order valence-corrected chi connectivity index (χ3v) is 3.55. The third kappa shape index (κ3) is 5.37. The van der Waals surface area contributed by atoms with Crippen LogP contribution in [-0.2, 0) is 19.1 Å². The van der Waals surface area contributed by atoms with Crippen molar-refractivity contribution >= 4 is 18.0 Å². The van der Waals surface area contributed by atoms with Gasteiger partial charge in [-0.2, -0.15) is 0 Å². The molecule has 1 rings (SSSR count). The molecule has 6 heteroatoms. The maximum Gasteiger partial charge on any atom is 0.416 e. The molecule has 1 aliphatic rings. The van der Waals surface area contributed by atoms with Crippen molar-refractivity contribution in [1.29, 1.82) is 0 Å². The quantitative estimate of drug-likeness (QED) is 0.554. The highest BCUT2D eigenvalue weighted by molar-refractivity contribution is 5.96. The molecule has 130 valence electrons. The number of nitrogens with zero attached hydrogens (tertiary/aromatic N) is 1. The summed E-state index contributed by atoms with van der Waals surface area (Å²) in [6.45, 7) is 13.0. The minimum atomic E-state index is -0.672. The van der Waals surface area contributed by atoms with Crippen LogP contribution in [0.15, 0.2) is 12.7 Å². The molecular formula is C17H27NO5. The van der Waals surface area contributed by atoms with Gasteiger partial charge in [0.2, 0.25) is 5.91 Å². The Kier molecular flexibility index (Phi) is 6.36. The van der Waals surface area contributed by atoms with Crippen molar-refractivity contribution in [2.24, 2.45) is 11.8 Å². The van der Waals surface area contributed by atoms with Gasteiger partial charge in [0.15, 0.2) is 0 Å². The van der Waals surface area contributed by atoms with Crippen LogP contribution in [0.4, 0.5) is 4.79 Å². The van der Waals surface area contributed by atoms with E-state index in [0.29, 0.717) is 6.42 Å². The van der Waals surface area contributed by atoms with Crippen LogP contribution in [0.1, 0.15) is 47.5 Å². The van der Waals surface area contributed by atoms with Gasteiger partial charge in [-0.15, -0.1) is 6.58 Å². The minimum absolute atomic E-state index is 0.0799. The second-order valence-corrected chi connectivity index (χ2v) is 7.11. The molecule has 6 nitrogen and oxygen atoms in total. The second-order valence-electron chi connectivity index (χ2n) is 7.11. The number of esters is 1. The number of hydrogen-bond donors (Lipinski definition) is 0. The van der Waals surface area contributed by atoms with Gasteiger partial charge in [-0.25, -0.2) is 9.69 Å². The Labute approximate surface area is 137 Å². The van der Waals surface area contributed by atoms with Crippen LogP contribution in [-0.4, -0.2) is 41.1 Å². The van der Waals surface area contributed by atoms with Crippen LogP contribution in [0.5, 0.6) is 0 Å². The summed E-state index contributed by atoms with van der Waals surface area (Å²) in [5.74, 6) is -1.46. The van der Waals surface area contributed by atoms with E-state index >= 15 is 0 Å². The molecule has 0 aromatic carbocycles. The molecule has 0 aliphatic carbocycles. The Balaban J connectivity index is 2.87. The molecule has 0 saturated carbocycles. The van der Waals surface area contributed by atoms with E-state index < -0.39 is 29.5 Å². The Hall–Kier alpha value is -1.85. The van der Waals surface area contributed by atoms with Gasteiger partial charge in [0.25, 0.3) is 0 Å². The van der Waals surface area contributed by atoms with Gasteiger partial charge in [0.05, 0.1) is 18.4 Å². The van der Waals surface area contributed by atoms with Crippen LogP contribution < -0.4 is 0 Å². The van der Waals surface area contributed by atoms with E-state index in [9.17, 15) is 14.4 Å². The summed E-state index contributed by atoms with van der Waals surface area (Å²) in [5, 5.41) is 0. The lowest BCUT2D eigenvalue weighted by Gasteiger charge is -2.27. The minimum Gasteiger partial charge on any atom is -0.460 e. The summed E-state index contributed by atoms with van der Waals surface area (Å²) in [7, 11) is 0. The fourth-order valence-electron chi connectivity index (χ4n) is 2.43. The molecule has 1 aliphatic heterocycles. The van der Waals surface area contributed by atoms with Crippen molar-refractivity contribution in [1.82, 2.24) is 4.90 Å². The highest BCUT2D eigenvalue weighted by Gasteiger charge is 2.42. The van der Waals surface area contributed by atoms with Crippen molar-refractivity contribution in [3.8, 4) is 0 Å². The predicted molar refractivity (Wildman–Crippen MR) is 85.6 cm³/mol. The van der Waals surface area contributed by atoms with Crippen molar-refractivity contribution in [3.63, 3.8) is 0 Å². The topological polar surface area (TPSA) is 72.9 Å². The van der Waals surface area contributed by atoms with Crippen LogP contribution in [0, 0.1) is 11.8 Å². The number of rotatable bonds is 6. The Morgan fingerprint density at radius 1 is 1.43 bits per heavy atom. The zero-order valence-corrected chi connectivity index (χ0v) is 14.6. The van der Waals surface area contributed by atoms with Crippen molar-refractivity contribution < 1.29 is 23.9 Å². The molecule has 0 aromatic heterocycles. The summed E-state index contributed by atoms with van der Waals surface area (Å²) < 4.78 is 10.3. The van der Waals surface area contributed by atoms with Gasteiger partial charge in [-0.05, 0) is 33.1 Å². The highest BCUT2D eigenvalue weighted by atomic mass is 16.6. The van der Waals surface area contributed by atoms with Crippen LogP contribution in [0.2, 0.25) is 0 Å².